The Kier molecular flexibility index (Phi) is 9.58. The van der Waals surface area contributed by atoms with Crippen LogP contribution in [0.1, 0.15) is 53.0 Å². The number of allylic oxidation sites excluding steroid dienone is 10. The first-order valence-corrected chi connectivity index (χ1v) is 21.7. The minimum atomic E-state index is -0.0491. The molecule has 0 saturated heterocycles. The van der Waals surface area contributed by atoms with Crippen LogP contribution in [0.5, 0.6) is 0 Å². The van der Waals surface area contributed by atoms with Crippen molar-refractivity contribution in [3.63, 3.8) is 0 Å². The lowest BCUT2D eigenvalue weighted by Gasteiger charge is -2.46. The van der Waals surface area contributed by atoms with Gasteiger partial charge >= 0.3 is 0 Å². The van der Waals surface area contributed by atoms with Crippen molar-refractivity contribution in [2.24, 2.45) is 16.8 Å². The van der Waals surface area contributed by atoms with Gasteiger partial charge in [0, 0.05) is 28.7 Å². The average Bonchev–Trinajstić information content (AvgIpc) is 3.78. The summed E-state index contributed by atoms with van der Waals surface area (Å²) in [5, 5.41) is 0. The molecule has 0 N–H and O–H groups in total. The molecule has 1 heterocycles. The van der Waals surface area contributed by atoms with Gasteiger partial charge in [0.1, 0.15) is 12.1 Å². The van der Waals surface area contributed by atoms with E-state index in [9.17, 15) is 0 Å². The minimum Gasteiger partial charge on any atom is -0.468 e. The van der Waals surface area contributed by atoms with Crippen LogP contribution in [-0.4, -0.2) is 30.1 Å². The first-order chi connectivity index (χ1) is 29.8. The zero-order valence-electron chi connectivity index (χ0n) is 33.7. The van der Waals surface area contributed by atoms with E-state index in [4.69, 9.17) is 9.73 Å². The molecule has 6 aliphatic rings. The lowest BCUT2D eigenvalue weighted by molar-refractivity contribution is 0.214. The molecule has 0 amide bonds. The predicted molar refractivity (Wildman–Crippen MR) is 250 cm³/mol. The zero-order chi connectivity index (χ0) is 39.8. The van der Waals surface area contributed by atoms with Gasteiger partial charge in [0.05, 0.1) is 12.1 Å². The summed E-state index contributed by atoms with van der Waals surface area (Å²) in [4.78, 5) is 8.01. The Bertz CT molecular complexity index is 2690. The van der Waals surface area contributed by atoms with Gasteiger partial charge < -0.3 is 9.64 Å². The van der Waals surface area contributed by atoms with E-state index in [-0.39, 0.29) is 36.1 Å². The van der Waals surface area contributed by atoms with E-state index in [0.29, 0.717) is 5.92 Å². The molecule has 5 aromatic carbocycles. The Morgan fingerprint density at radius 2 is 1.33 bits per heavy atom. The van der Waals surface area contributed by atoms with E-state index in [2.05, 4.69) is 211 Å². The van der Waals surface area contributed by atoms with Crippen molar-refractivity contribution >= 4 is 28.8 Å². The monoisotopic (exact) mass is 776 g/mol. The van der Waals surface area contributed by atoms with Crippen LogP contribution in [0.2, 0.25) is 0 Å². The summed E-state index contributed by atoms with van der Waals surface area (Å²) in [5.74, 6) is 1.63. The van der Waals surface area contributed by atoms with Crippen LogP contribution in [0.25, 0.3) is 28.3 Å². The van der Waals surface area contributed by atoms with Gasteiger partial charge in [-0.25, -0.2) is 4.99 Å². The van der Waals surface area contributed by atoms with Gasteiger partial charge in [0.25, 0.3) is 0 Å². The summed E-state index contributed by atoms with van der Waals surface area (Å²) in [6.45, 7) is 0. The molecule has 0 radical (unpaired) electrons. The zero-order valence-corrected chi connectivity index (χ0v) is 33.7. The van der Waals surface area contributed by atoms with E-state index in [0.717, 1.165) is 30.7 Å². The third kappa shape index (κ3) is 6.69. The maximum atomic E-state index is 6.47. The summed E-state index contributed by atoms with van der Waals surface area (Å²) in [7, 11) is 0. The quantitative estimate of drug-likeness (QED) is 0.157. The van der Waals surface area contributed by atoms with Crippen LogP contribution in [-0.2, 0) is 4.74 Å². The molecule has 11 rings (SSSR count). The normalized spacial score (nSPS) is 25.8. The van der Waals surface area contributed by atoms with Gasteiger partial charge in [-0.05, 0) is 100 Å². The highest BCUT2D eigenvalue weighted by Gasteiger charge is 2.42. The van der Waals surface area contributed by atoms with Crippen LogP contribution >= 0.6 is 0 Å². The van der Waals surface area contributed by atoms with E-state index >= 15 is 0 Å². The third-order valence-corrected chi connectivity index (χ3v) is 13.3. The molecule has 0 aromatic heterocycles. The molecule has 0 saturated carbocycles. The highest BCUT2D eigenvalue weighted by Crippen LogP contribution is 2.48. The molecule has 7 atom stereocenters. The first-order valence-electron chi connectivity index (χ1n) is 21.7. The molecule has 7 unspecified atom stereocenters. The molecular weight excluding hydrogens is 729 g/mol. The number of aliphatic imine (C=N–C) groups is 1. The summed E-state index contributed by atoms with van der Waals surface area (Å²) < 4.78 is 6.47. The second-order valence-electron chi connectivity index (χ2n) is 16.8. The fourth-order valence-corrected chi connectivity index (χ4v) is 10.5. The molecule has 5 aliphatic carbocycles. The Labute approximate surface area is 354 Å². The van der Waals surface area contributed by atoms with Gasteiger partial charge in [0.2, 0.25) is 5.90 Å². The van der Waals surface area contributed by atoms with Crippen LogP contribution in [0.4, 0.5) is 5.69 Å². The standard InChI is InChI=1S/C57H48N2O/c1-5-17-39(18-6-1)44-26-15-27-46(37-44)59(53-35-31-41-21-13-14-28-48(41)55(53)42-22-9-3-10-23-42)52-34-32-45(38-51(52)40-19-7-2-8-20-40)47-29-16-30-50-49(47)33-36-54-56(50)58-57(60-54)43-24-11-4-12-25-43/h1-22,24-26,28-29,31-38,42,46,50,53-56H,23,27,30H2. The van der Waals surface area contributed by atoms with Crippen molar-refractivity contribution in [1.29, 1.82) is 0 Å². The van der Waals surface area contributed by atoms with Crippen LogP contribution in [0.3, 0.4) is 0 Å². The smallest absolute Gasteiger partial charge is 0.217 e. The van der Waals surface area contributed by atoms with Crippen molar-refractivity contribution in [2.45, 2.75) is 49.4 Å². The summed E-state index contributed by atoms with van der Waals surface area (Å²) in [6, 6.07) is 48.9. The fourth-order valence-electron chi connectivity index (χ4n) is 10.5. The number of nitrogens with zero attached hydrogens (tertiary/aromatic N) is 2. The van der Waals surface area contributed by atoms with E-state index in [1.54, 1.807) is 0 Å². The topological polar surface area (TPSA) is 24.8 Å². The van der Waals surface area contributed by atoms with E-state index in [1.165, 1.54) is 55.8 Å². The largest absolute Gasteiger partial charge is 0.468 e. The number of benzene rings is 5. The van der Waals surface area contributed by atoms with Crippen molar-refractivity contribution in [2.75, 3.05) is 4.90 Å². The molecule has 292 valence electrons. The minimum absolute atomic E-state index is 0.0491. The first kappa shape index (κ1) is 36.4. The molecule has 3 heteroatoms. The van der Waals surface area contributed by atoms with Crippen molar-refractivity contribution in [3.8, 4) is 11.1 Å². The summed E-state index contributed by atoms with van der Waals surface area (Å²) in [6.07, 6.45) is 33.5. The Balaban J connectivity index is 1.06. The lowest BCUT2D eigenvalue weighted by Crippen LogP contribution is -2.48. The maximum absolute atomic E-state index is 6.47. The Hall–Kier alpha value is -6.71. The average molecular weight is 777 g/mol. The summed E-state index contributed by atoms with van der Waals surface area (Å²) >= 11 is 0. The second kappa shape index (κ2) is 15.8. The number of rotatable bonds is 8. The molecule has 1 aliphatic heterocycles. The van der Waals surface area contributed by atoms with Crippen LogP contribution in [0.15, 0.2) is 217 Å². The molecule has 60 heavy (non-hydrogen) atoms. The number of anilines is 1. The van der Waals surface area contributed by atoms with Crippen molar-refractivity contribution in [3.05, 3.63) is 240 Å². The van der Waals surface area contributed by atoms with Crippen LogP contribution < -0.4 is 4.90 Å². The second-order valence-corrected chi connectivity index (χ2v) is 16.8. The lowest BCUT2D eigenvalue weighted by atomic mass is 9.72. The number of ether oxygens (including phenoxy) is 1. The molecule has 0 fully saturated rings. The SMILES string of the molecule is C1=CCC(C2c3ccccc3C=CC2N(c2ccc(C3=C4C=CC5OC(c6ccccc6)=NC5C4CC=C3)cc2-c2ccccc2)C2C=C(c3ccccc3)C=CC2)C=C1. The number of fused-ring (bicyclic) bond motifs is 4. The molecule has 3 nitrogen and oxygen atoms in total. The van der Waals surface area contributed by atoms with E-state index in [1.807, 2.05) is 6.07 Å². The van der Waals surface area contributed by atoms with Crippen LogP contribution in [0, 0.1) is 11.8 Å². The Morgan fingerprint density at radius 3 is 2.13 bits per heavy atom. The van der Waals surface area contributed by atoms with Gasteiger partial charge in [-0.3, -0.25) is 0 Å². The molecule has 5 aromatic rings. The molecule has 0 spiro atoms. The maximum Gasteiger partial charge on any atom is 0.217 e. The fraction of sp³-hybridized carbons (Fsp3) is 0.175. The third-order valence-electron chi connectivity index (χ3n) is 13.3. The van der Waals surface area contributed by atoms with Gasteiger partial charge in [0.15, 0.2) is 0 Å². The van der Waals surface area contributed by atoms with Crippen molar-refractivity contribution in [1.82, 2.24) is 0 Å². The van der Waals surface area contributed by atoms with E-state index < -0.39 is 0 Å². The van der Waals surface area contributed by atoms with Gasteiger partial charge in [-0.2, -0.15) is 0 Å². The van der Waals surface area contributed by atoms with Crippen molar-refractivity contribution < 1.29 is 4.74 Å². The predicted octanol–water partition coefficient (Wildman–Crippen LogP) is 13.0. The number of hydrogen-bond donors (Lipinski definition) is 0. The van der Waals surface area contributed by atoms with Gasteiger partial charge in [-0.15, -0.1) is 0 Å². The molecule has 0 bridgehead atoms. The van der Waals surface area contributed by atoms with Gasteiger partial charge in [-0.1, -0.05) is 182 Å². The summed E-state index contributed by atoms with van der Waals surface area (Å²) in [5.41, 5.74) is 13.9. The highest BCUT2D eigenvalue weighted by molar-refractivity contribution is 5.96. The number of hydrogen-bond acceptors (Lipinski definition) is 3. The highest BCUT2D eigenvalue weighted by atomic mass is 16.5. The molecular formula is C57H48N2O. The Morgan fingerprint density at radius 1 is 0.583 bits per heavy atom.